The van der Waals surface area contributed by atoms with Gasteiger partial charge in [0.2, 0.25) is 9.05 Å². The van der Waals surface area contributed by atoms with Crippen molar-refractivity contribution in [3.05, 3.63) is 65.0 Å². The number of aryl methyl sites for hydroxylation is 1. The standard InChI is InChI=1S/C16H17ClFN3O2S/c1-11-7-14(5-6-15(11)18)20-10-21-16(19)13-4-2-3-12(8-13)9-24(17,22)23/h2-8,20H,9-10H2,1H3,(H2,19,21). The average molecular weight is 370 g/mol. The van der Waals surface area contributed by atoms with Gasteiger partial charge in [-0.25, -0.2) is 17.8 Å². The summed E-state index contributed by atoms with van der Waals surface area (Å²) in [4.78, 5) is 4.19. The van der Waals surface area contributed by atoms with Gasteiger partial charge >= 0.3 is 0 Å². The third kappa shape index (κ3) is 5.50. The molecule has 0 bridgehead atoms. The van der Waals surface area contributed by atoms with Gasteiger partial charge in [0.15, 0.2) is 0 Å². The number of nitrogens with zero attached hydrogens (tertiary/aromatic N) is 1. The minimum Gasteiger partial charge on any atom is -0.383 e. The summed E-state index contributed by atoms with van der Waals surface area (Å²) < 4.78 is 35.5. The number of rotatable bonds is 6. The second kappa shape index (κ2) is 7.63. The lowest BCUT2D eigenvalue weighted by Crippen LogP contribution is -2.16. The maximum absolute atomic E-state index is 13.2. The van der Waals surface area contributed by atoms with Crippen molar-refractivity contribution in [2.75, 3.05) is 12.0 Å². The Morgan fingerprint density at radius 1 is 1.29 bits per heavy atom. The molecule has 2 aromatic carbocycles. The van der Waals surface area contributed by atoms with Gasteiger partial charge in [-0.15, -0.1) is 0 Å². The Bertz CT molecular complexity index is 869. The number of nitrogens with two attached hydrogens (primary N) is 1. The fourth-order valence-electron chi connectivity index (χ4n) is 2.08. The lowest BCUT2D eigenvalue weighted by molar-refractivity contribution is 0.609. The van der Waals surface area contributed by atoms with Gasteiger partial charge < -0.3 is 11.1 Å². The van der Waals surface area contributed by atoms with Crippen LogP contribution in [0.1, 0.15) is 16.7 Å². The van der Waals surface area contributed by atoms with Gasteiger partial charge in [-0.2, -0.15) is 0 Å². The summed E-state index contributed by atoms with van der Waals surface area (Å²) in [6.07, 6.45) is 0. The Balaban J connectivity index is 2.05. The number of aliphatic imine (C=N–C) groups is 1. The summed E-state index contributed by atoms with van der Waals surface area (Å²) in [5.74, 6) is -0.284. The zero-order chi connectivity index (χ0) is 17.7. The first kappa shape index (κ1) is 18.2. The highest BCUT2D eigenvalue weighted by Crippen LogP contribution is 2.14. The molecule has 2 aromatic rings. The van der Waals surface area contributed by atoms with Crippen molar-refractivity contribution in [2.45, 2.75) is 12.7 Å². The van der Waals surface area contributed by atoms with Crippen LogP contribution in [0.2, 0.25) is 0 Å². The van der Waals surface area contributed by atoms with Gasteiger partial charge in [0, 0.05) is 21.9 Å². The second-order valence-corrected chi connectivity index (χ2v) is 8.00. The fraction of sp³-hybridized carbons (Fsp3) is 0.188. The maximum Gasteiger partial charge on any atom is 0.236 e. The van der Waals surface area contributed by atoms with Crippen LogP contribution < -0.4 is 11.1 Å². The van der Waals surface area contributed by atoms with Crippen LogP contribution in [0.4, 0.5) is 10.1 Å². The molecule has 0 aliphatic carbocycles. The summed E-state index contributed by atoms with van der Waals surface area (Å²) >= 11 is 0. The van der Waals surface area contributed by atoms with E-state index < -0.39 is 9.05 Å². The molecule has 8 heteroatoms. The molecular formula is C16H17ClFN3O2S. The lowest BCUT2D eigenvalue weighted by Gasteiger charge is -2.07. The number of hydrogen-bond acceptors (Lipinski definition) is 4. The molecule has 0 aliphatic rings. The first-order valence-electron chi connectivity index (χ1n) is 7.06. The number of nitrogens with one attached hydrogen (secondary N) is 1. The first-order valence-corrected chi connectivity index (χ1v) is 9.54. The molecule has 24 heavy (non-hydrogen) atoms. The smallest absolute Gasteiger partial charge is 0.236 e. The minimum absolute atomic E-state index is 0.203. The number of anilines is 1. The molecule has 0 heterocycles. The molecule has 0 radical (unpaired) electrons. The van der Waals surface area contributed by atoms with Crippen LogP contribution in [0.5, 0.6) is 0 Å². The predicted octanol–water partition coefficient (Wildman–Crippen LogP) is 2.98. The molecule has 0 saturated heterocycles. The summed E-state index contributed by atoms with van der Waals surface area (Å²) in [7, 11) is 1.62. The lowest BCUT2D eigenvalue weighted by atomic mass is 10.1. The van der Waals surface area contributed by atoms with Crippen LogP contribution in [0, 0.1) is 12.7 Å². The molecular weight excluding hydrogens is 353 g/mol. The van der Waals surface area contributed by atoms with E-state index in [1.54, 1.807) is 43.3 Å². The van der Waals surface area contributed by atoms with E-state index in [9.17, 15) is 12.8 Å². The summed E-state index contributed by atoms with van der Waals surface area (Å²) in [5, 5.41) is 3.02. The van der Waals surface area contributed by atoms with Crippen LogP contribution in [0.25, 0.3) is 0 Å². The molecule has 5 nitrogen and oxygen atoms in total. The van der Waals surface area contributed by atoms with Crippen LogP contribution in [-0.4, -0.2) is 20.9 Å². The number of halogens is 2. The topological polar surface area (TPSA) is 84.5 Å². The fourth-order valence-corrected chi connectivity index (χ4v) is 3.04. The third-order valence-electron chi connectivity index (χ3n) is 3.25. The minimum atomic E-state index is -3.63. The molecule has 0 saturated carbocycles. The molecule has 0 spiro atoms. The highest BCUT2D eigenvalue weighted by atomic mass is 35.7. The van der Waals surface area contributed by atoms with Gasteiger partial charge in [-0.05, 0) is 42.3 Å². The van der Waals surface area contributed by atoms with E-state index in [0.29, 0.717) is 16.7 Å². The molecule has 3 N–H and O–H groups in total. The van der Waals surface area contributed by atoms with Crippen LogP contribution in [-0.2, 0) is 14.8 Å². The van der Waals surface area contributed by atoms with E-state index in [-0.39, 0.29) is 24.1 Å². The van der Waals surface area contributed by atoms with Crippen molar-refractivity contribution < 1.29 is 12.8 Å². The first-order chi connectivity index (χ1) is 11.2. The molecule has 0 aromatic heterocycles. The van der Waals surface area contributed by atoms with Crippen LogP contribution in [0.15, 0.2) is 47.5 Å². The Morgan fingerprint density at radius 3 is 2.71 bits per heavy atom. The van der Waals surface area contributed by atoms with Crippen molar-refractivity contribution in [3.63, 3.8) is 0 Å². The van der Waals surface area contributed by atoms with E-state index in [0.717, 1.165) is 5.69 Å². The number of amidine groups is 1. The van der Waals surface area contributed by atoms with Crippen LogP contribution in [0.3, 0.4) is 0 Å². The van der Waals surface area contributed by atoms with Crippen molar-refractivity contribution in [1.82, 2.24) is 0 Å². The molecule has 0 amide bonds. The maximum atomic E-state index is 13.2. The number of benzene rings is 2. The van der Waals surface area contributed by atoms with Crippen molar-refractivity contribution in [3.8, 4) is 0 Å². The van der Waals surface area contributed by atoms with Crippen molar-refractivity contribution in [1.29, 1.82) is 0 Å². The van der Waals surface area contributed by atoms with Crippen molar-refractivity contribution in [2.24, 2.45) is 10.7 Å². The monoisotopic (exact) mass is 369 g/mol. The SMILES string of the molecule is Cc1cc(NCN=C(N)c2cccc(CS(=O)(=O)Cl)c2)ccc1F. The summed E-state index contributed by atoms with van der Waals surface area (Å²) in [5.41, 5.74) is 8.31. The largest absolute Gasteiger partial charge is 0.383 e. The highest BCUT2D eigenvalue weighted by Gasteiger charge is 2.08. The Labute approximate surface area is 144 Å². The highest BCUT2D eigenvalue weighted by molar-refractivity contribution is 8.13. The second-order valence-electron chi connectivity index (χ2n) is 5.23. The van der Waals surface area contributed by atoms with E-state index >= 15 is 0 Å². The van der Waals surface area contributed by atoms with Crippen LogP contribution >= 0.6 is 10.7 Å². The van der Waals surface area contributed by atoms with Gasteiger partial charge in [-0.3, -0.25) is 0 Å². The third-order valence-corrected chi connectivity index (χ3v) is 4.26. The van der Waals surface area contributed by atoms with Gasteiger partial charge in [0.05, 0.1) is 5.75 Å². The van der Waals surface area contributed by atoms with E-state index in [1.807, 2.05) is 0 Å². The zero-order valence-corrected chi connectivity index (χ0v) is 14.5. The van der Waals surface area contributed by atoms with E-state index in [1.165, 1.54) is 6.07 Å². The van der Waals surface area contributed by atoms with E-state index in [4.69, 9.17) is 16.4 Å². The molecule has 0 atom stereocenters. The molecule has 128 valence electrons. The molecule has 0 unspecified atom stereocenters. The molecule has 2 rings (SSSR count). The van der Waals surface area contributed by atoms with Crippen molar-refractivity contribution >= 4 is 31.3 Å². The number of hydrogen-bond donors (Lipinski definition) is 2. The quantitative estimate of drug-likeness (QED) is 0.465. The average Bonchev–Trinajstić information content (AvgIpc) is 2.49. The Morgan fingerprint density at radius 2 is 2.04 bits per heavy atom. The van der Waals surface area contributed by atoms with Gasteiger partial charge in [0.25, 0.3) is 0 Å². The summed E-state index contributed by atoms with van der Waals surface area (Å²) in [6.45, 7) is 1.88. The molecule has 0 aliphatic heterocycles. The molecule has 0 fully saturated rings. The normalized spacial score (nSPS) is 12.2. The Kier molecular flexibility index (Phi) is 5.80. The summed E-state index contributed by atoms with van der Waals surface area (Å²) in [6, 6.07) is 11.3. The predicted molar refractivity (Wildman–Crippen MR) is 95.3 cm³/mol. The zero-order valence-electron chi connectivity index (χ0n) is 13.0. The van der Waals surface area contributed by atoms with Gasteiger partial charge in [-0.1, -0.05) is 18.2 Å². The van der Waals surface area contributed by atoms with Gasteiger partial charge in [0.1, 0.15) is 18.3 Å². The van der Waals surface area contributed by atoms with E-state index in [2.05, 4.69) is 10.3 Å². The Hall–Kier alpha value is -2.12.